The number of aliphatic hydroxyl groups excluding tert-OH is 1. The summed E-state index contributed by atoms with van der Waals surface area (Å²) in [5.74, 6) is 5.36. The molecule has 20 nitrogen and oxygen atoms in total. The molecule has 1 N–H and O–H groups in total. The van der Waals surface area contributed by atoms with E-state index in [0.29, 0.717) is 134 Å². The van der Waals surface area contributed by atoms with Gasteiger partial charge in [-0.2, -0.15) is 0 Å². The second kappa shape index (κ2) is 40.1. The Balaban J connectivity index is 0.000000130. The molecule has 13 fully saturated rings. The molecule has 0 bridgehead atoms. The molecule has 0 aromatic heterocycles. The molecule has 8 saturated heterocycles. The van der Waals surface area contributed by atoms with Gasteiger partial charge in [-0.05, 0) is 132 Å². The van der Waals surface area contributed by atoms with Crippen LogP contribution in [0.25, 0.3) is 0 Å². The van der Waals surface area contributed by atoms with Gasteiger partial charge in [-0.1, -0.05) is 45.4 Å². The Morgan fingerprint density at radius 3 is 1.32 bits per heavy atom. The zero-order chi connectivity index (χ0) is 60.0. The van der Waals surface area contributed by atoms with Crippen LogP contribution in [0.4, 0.5) is 0 Å². The van der Waals surface area contributed by atoms with Crippen LogP contribution in [0.1, 0.15) is 142 Å². The van der Waals surface area contributed by atoms with Crippen molar-refractivity contribution in [3.63, 3.8) is 0 Å². The Morgan fingerprint density at radius 1 is 0.391 bits per heavy atom. The van der Waals surface area contributed by atoms with E-state index in [1.165, 1.54) is 96.3 Å². The first kappa shape index (κ1) is 70.1. The second-order valence-electron chi connectivity index (χ2n) is 27.3. The molecule has 0 aromatic rings. The number of rotatable bonds is 45. The van der Waals surface area contributed by atoms with Gasteiger partial charge in [0, 0.05) is 31.8 Å². The lowest BCUT2D eigenvalue weighted by Gasteiger charge is -2.30. The van der Waals surface area contributed by atoms with Crippen molar-refractivity contribution in [2.24, 2.45) is 46.8 Å². The highest BCUT2D eigenvalue weighted by Crippen LogP contribution is 2.51. The van der Waals surface area contributed by atoms with E-state index in [-0.39, 0.29) is 30.0 Å². The molecule has 13 rings (SSSR count). The fourth-order valence-electron chi connectivity index (χ4n) is 11.7. The third-order valence-corrected chi connectivity index (χ3v) is 18.9. The molecule has 87 heavy (non-hydrogen) atoms. The molecule has 0 spiro atoms. The second-order valence-corrected chi connectivity index (χ2v) is 27.3. The van der Waals surface area contributed by atoms with Gasteiger partial charge in [0.15, 0.2) is 0 Å². The van der Waals surface area contributed by atoms with Gasteiger partial charge in [0.25, 0.3) is 0 Å². The molecule has 8 heterocycles. The quantitative estimate of drug-likeness (QED) is 0.0349. The smallest absolute Gasteiger partial charge is 0.309 e. The summed E-state index contributed by atoms with van der Waals surface area (Å²) < 4.78 is 95.9. The third-order valence-electron chi connectivity index (χ3n) is 18.9. The SMILES string of the molecule is C(CC1CCC(COCC2CO2)CC1)CC1CO1.C(CCCOCC1CO1)CCOCC1CO1.C(COCCOCC1CO1)OCCOCC1CO1.CCC(CO)(COCC1CC1)COCC1CO1.O=C(OCC1CCC2CC2C1)C1CCC2OC2C1. The molecule has 5 saturated carbocycles. The molecule has 0 aromatic carbocycles. The standard InChI is InChI=1S/C15H22O3.C15H26O3.C13H24O4.C12H22O6.C12H22O4/c16-15(11-3-4-13-14(7-11)18-13)17-8-9-1-2-10-6-12(10)5-9;1(3-14-10-17-14)2-12-4-6-13(7-5-12)8-16-9-15-11-18-15;1-2-13(8-14,9-15-5-11-3-4-11)10-16-6-12-7-17-12;1(13-3-5-15-7-11-9-17-11)2-14-4-6-16-8-12-10-18-12;1(3-5-13-7-11-9-15-11)2-4-6-14-8-12-10-16-12/h9-14H,1-8H2;12-15H,1-11H2;11-12,14H,2-10H2,1H3;11-12H,1-10H2;11-12H,1-10H2. The maximum absolute atomic E-state index is 12.0. The topological polar surface area (TPSA) is 230 Å². The predicted molar refractivity (Wildman–Crippen MR) is 322 cm³/mol. The summed E-state index contributed by atoms with van der Waals surface area (Å²) in [5, 5.41) is 9.55. The zero-order valence-corrected chi connectivity index (χ0v) is 53.4. The zero-order valence-electron chi connectivity index (χ0n) is 53.4. The lowest BCUT2D eigenvalue weighted by Crippen LogP contribution is -2.36. The lowest BCUT2D eigenvalue weighted by molar-refractivity contribution is -0.151. The van der Waals surface area contributed by atoms with E-state index >= 15 is 0 Å². The molecule has 5 aliphatic carbocycles. The summed E-state index contributed by atoms with van der Waals surface area (Å²) in [4.78, 5) is 12.0. The number of fused-ring (bicyclic) bond motifs is 2. The van der Waals surface area contributed by atoms with Gasteiger partial charge < -0.3 is 90.4 Å². The highest BCUT2D eigenvalue weighted by Gasteiger charge is 2.47. The van der Waals surface area contributed by atoms with Crippen LogP contribution in [0, 0.1) is 46.8 Å². The number of esters is 1. The predicted octanol–water partition coefficient (Wildman–Crippen LogP) is 7.76. The van der Waals surface area contributed by atoms with Crippen molar-refractivity contribution in [1.29, 1.82) is 0 Å². The van der Waals surface area contributed by atoms with Crippen LogP contribution in [0.5, 0.6) is 0 Å². The summed E-state index contributed by atoms with van der Waals surface area (Å²) in [6.45, 7) is 21.8. The molecule has 14 unspecified atom stereocenters. The minimum absolute atomic E-state index is 0.0434. The number of ether oxygens (including phenoxy) is 18. The van der Waals surface area contributed by atoms with E-state index < -0.39 is 0 Å². The van der Waals surface area contributed by atoms with Crippen molar-refractivity contribution in [2.45, 2.75) is 197 Å². The average molecular weight is 1240 g/mol. The first-order valence-electron chi connectivity index (χ1n) is 34.8. The van der Waals surface area contributed by atoms with Gasteiger partial charge in [-0.15, -0.1) is 0 Å². The monoisotopic (exact) mass is 1240 g/mol. The Morgan fingerprint density at radius 2 is 0.839 bits per heavy atom. The molecule has 13 aliphatic rings. The van der Waals surface area contributed by atoms with E-state index in [9.17, 15) is 9.90 Å². The van der Waals surface area contributed by atoms with Crippen molar-refractivity contribution in [3.8, 4) is 0 Å². The molecular weight excluding hydrogens is 1120 g/mol. The fraction of sp³-hybridized carbons (Fsp3) is 0.985. The number of hydrogen-bond donors (Lipinski definition) is 1. The fourth-order valence-corrected chi connectivity index (χ4v) is 11.7. The van der Waals surface area contributed by atoms with Crippen LogP contribution in [0.3, 0.4) is 0 Å². The molecular formula is C67H116O20. The van der Waals surface area contributed by atoms with Crippen LogP contribution < -0.4 is 0 Å². The van der Waals surface area contributed by atoms with Gasteiger partial charge in [0.1, 0.15) is 36.6 Å². The Hall–Kier alpha value is -1.25. The molecule has 504 valence electrons. The number of hydrogen-bond acceptors (Lipinski definition) is 20. The maximum atomic E-state index is 12.0. The number of carbonyl (C=O) groups is 1. The Kier molecular flexibility index (Phi) is 32.3. The summed E-state index contributed by atoms with van der Waals surface area (Å²) in [7, 11) is 0. The summed E-state index contributed by atoms with van der Waals surface area (Å²) in [5.41, 5.74) is -0.232. The van der Waals surface area contributed by atoms with Crippen molar-refractivity contribution >= 4 is 5.97 Å². The van der Waals surface area contributed by atoms with Crippen molar-refractivity contribution < 1.29 is 95.2 Å². The van der Waals surface area contributed by atoms with Crippen LogP contribution >= 0.6 is 0 Å². The summed E-state index contributed by atoms with van der Waals surface area (Å²) in [6, 6.07) is 0. The maximum Gasteiger partial charge on any atom is 0.309 e. The lowest BCUT2D eigenvalue weighted by atomic mass is 9.80. The van der Waals surface area contributed by atoms with Gasteiger partial charge in [0.2, 0.25) is 0 Å². The number of aliphatic hydroxyl groups is 1. The summed E-state index contributed by atoms with van der Waals surface area (Å²) >= 11 is 0. The normalized spacial score (nSPS) is 33.6. The number of unbranched alkanes of at least 4 members (excludes halogenated alkanes) is 3. The average Bonchev–Trinajstić information content (AvgIpc) is 3.99. The molecule has 14 atom stereocenters. The van der Waals surface area contributed by atoms with E-state index in [4.69, 9.17) is 85.3 Å². The van der Waals surface area contributed by atoms with Crippen LogP contribution in [0.2, 0.25) is 0 Å². The number of epoxide rings is 8. The highest BCUT2D eigenvalue weighted by atomic mass is 16.6. The molecule has 0 amide bonds. The first-order chi connectivity index (χ1) is 42.9. The Bertz CT molecular complexity index is 1690. The highest BCUT2D eigenvalue weighted by molar-refractivity contribution is 5.72. The largest absolute Gasteiger partial charge is 0.465 e. The van der Waals surface area contributed by atoms with Crippen molar-refractivity contribution in [1.82, 2.24) is 0 Å². The minimum Gasteiger partial charge on any atom is -0.465 e. The van der Waals surface area contributed by atoms with Gasteiger partial charge >= 0.3 is 5.97 Å². The third kappa shape index (κ3) is 33.4. The van der Waals surface area contributed by atoms with Gasteiger partial charge in [-0.25, -0.2) is 0 Å². The van der Waals surface area contributed by atoms with Gasteiger partial charge in [-0.3, -0.25) is 4.79 Å². The first-order valence-corrected chi connectivity index (χ1v) is 34.8. The van der Waals surface area contributed by atoms with E-state index in [1.54, 1.807) is 0 Å². The van der Waals surface area contributed by atoms with Crippen LogP contribution in [-0.2, 0) is 90.1 Å². The van der Waals surface area contributed by atoms with Crippen molar-refractivity contribution in [2.75, 3.05) is 178 Å². The molecule has 0 radical (unpaired) electrons. The number of carbonyl (C=O) groups excluding carboxylic acids is 1. The van der Waals surface area contributed by atoms with E-state index in [2.05, 4.69) is 6.92 Å². The van der Waals surface area contributed by atoms with Crippen molar-refractivity contribution in [3.05, 3.63) is 0 Å². The molecule has 20 heteroatoms. The van der Waals surface area contributed by atoms with Crippen LogP contribution in [0.15, 0.2) is 0 Å². The van der Waals surface area contributed by atoms with E-state index in [1.807, 2.05) is 0 Å². The van der Waals surface area contributed by atoms with E-state index in [0.717, 1.165) is 161 Å². The van der Waals surface area contributed by atoms with Crippen LogP contribution in [-0.4, -0.2) is 244 Å². The Labute approximate surface area is 521 Å². The molecule has 8 aliphatic heterocycles. The summed E-state index contributed by atoms with van der Waals surface area (Å²) in [6.07, 6.45) is 29.8. The van der Waals surface area contributed by atoms with Gasteiger partial charge in [0.05, 0.1) is 176 Å². The minimum atomic E-state index is -0.232.